The molecule has 1 aromatic rings. The number of rotatable bonds is 4. The second-order valence-electron chi connectivity index (χ2n) is 2.43. The summed E-state index contributed by atoms with van der Waals surface area (Å²) in [5, 5.41) is 10.4. The lowest BCUT2D eigenvalue weighted by molar-refractivity contribution is -0.384. The zero-order chi connectivity index (χ0) is 10.6. The molecule has 14 heavy (non-hydrogen) atoms. The van der Waals surface area contributed by atoms with Crippen LogP contribution in [-0.2, 0) is 4.79 Å². The molecule has 5 nitrogen and oxygen atoms in total. The molecular formula is C8H6NO4Si. The third kappa shape index (κ3) is 2.66. The van der Waals surface area contributed by atoms with Gasteiger partial charge in [-0.2, -0.15) is 0 Å². The van der Waals surface area contributed by atoms with Crippen LogP contribution in [0.15, 0.2) is 24.3 Å². The van der Waals surface area contributed by atoms with Gasteiger partial charge in [0.1, 0.15) is 11.5 Å². The van der Waals surface area contributed by atoms with Gasteiger partial charge in [-0.15, -0.1) is 0 Å². The molecule has 0 N–H and O–H groups in total. The number of carbonyl (C=O) groups excluding carboxylic acids is 1. The Morgan fingerprint density at radius 2 is 2.29 bits per heavy atom. The van der Waals surface area contributed by atoms with Crippen molar-refractivity contribution in [3.8, 4) is 5.75 Å². The highest BCUT2D eigenvalue weighted by molar-refractivity contribution is 6.19. The summed E-state index contributed by atoms with van der Waals surface area (Å²) in [7, 11) is 2.97. The molecule has 0 amide bonds. The maximum atomic E-state index is 10.4. The van der Waals surface area contributed by atoms with Gasteiger partial charge in [-0.1, -0.05) is 6.07 Å². The van der Waals surface area contributed by atoms with Crippen molar-refractivity contribution in [1.29, 1.82) is 0 Å². The molecule has 1 unspecified atom stereocenters. The van der Waals surface area contributed by atoms with Crippen molar-refractivity contribution in [3.05, 3.63) is 34.4 Å². The lowest BCUT2D eigenvalue weighted by atomic mass is 10.3. The van der Waals surface area contributed by atoms with Crippen molar-refractivity contribution in [3.63, 3.8) is 0 Å². The summed E-state index contributed by atoms with van der Waals surface area (Å²) in [5.41, 5.74) is -0.871. The van der Waals surface area contributed by atoms with E-state index < -0.39 is 10.7 Å². The SMILES string of the molecule is O=CC([Si])Oc1cccc([N+](=O)[O-])c1. The van der Waals surface area contributed by atoms with Crippen molar-refractivity contribution in [2.45, 2.75) is 5.73 Å². The van der Waals surface area contributed by atoms with Crippen LogP contribution in [0.2, 0.25) is 0 Å². The van der Waals surface area contributed by atoms with E-state index in [4.69, 9.17) is 4.74 Å². The summed E-state index contributed by atoms with van der Waals surface area (Å²) in [6.07, 6.45) is 0.537. The largest absolute Gasteiger partial charge is 0.487 e. The molecule has 0 aliphatic rings. The van der Waals surface area contributed by atoms with E-state index in [1.807, 2.05) is 0 Å². The van der Waals surface area contributed by atoms with Crippen LogP contribution in [0.25, 0.3) is 0 Å². The van der Waals surface area contributed by atoms with Gasteiger partial charge in [0, 0.05) is 6.07 Å². The van der Waals surface area contributed by atoms with Crippen molar-refractivity contribution in [2.75, 3.05) is 0 Å². The summed E-state index contributed by atoms with van der Waals surface area (Å²) in [5.74, 6) is 0.270. The van der Waals surface area contributed by atoms with Gasteiger partial charge >= 0.3 is 0 Å². The van der Waals surface area contributed by atoms with Crippen LogP contribution in [0.1, 0.15) is 0 Å². The molecule has 0 aliphatic carbocycles. The van der Waals surface area contributed by atoms with Crippen LogP contribution in [0.3, 0.4) is 0 Å². The Morgan fingerprint density at radius 1 is 1.57 bits per heavy atom. The maximum Gasteiger partial charge on any atom is 0.273 e. The van der Waals surface area contributed by atoms with Gasteiger partial charge in [0.25, 0.3) is 5.69 Å². The van der Waals surface area contributed by atoms with Crippen LogP contribution < -0.4 is 4.74 Å². The Labute approximate surface area is 83.3 Å². The highest BCUT2D eigenvalue weighted by Crippen LogP contribution is 2.19. The normalized spacial score (nSPS) is 11.8. The van der Waals surface area contributed by atoms with Gasteiger partial charge in [0.2, 0.25) is 0 Å². The third-order valence-electron chi connectivity index (χ3n) is 1.42. The lowest BCUT2D eigenvalue weighted by Gasteiger charge is -2.07. The molecule has 0 saturated heterocycles. The number of benzene rings is 1. The number of ether oxygens (including phenoxy) is 1. The van der Waals surface area contributed by atoms with Crippen LogP contribution in [-0.4, -0.2) is 27.2 Å². The van der Waals surface area contributed by atoms with Crippen molar-refractivity contribution >= 4 is 22.2 Å². The second-order valence-corrected chi connectivity index (χ2v) is 3.00. The fourth-order valence-electron chi connectivity index (χ4n) is 0.845. The molecule has 1 atom stereocenters. The van der Waals surface area contributed by atoms with Gasteiger partial charge in [0.05, 0.1) is 21.2 Å². The van der Waals surface area contributed by atoms with Crippen molar-refractivity contribution in [2.24, 2.45) is 0 Å². The number of hydrogen-bond donors (Lipinski definition) is 0. The Morgan fingerprint density at radius 3 is 2.86 bits per heavy atom. The minimum atomic E-state index is -0.794. The van der Waals surface area contributed by atoms with Crippen LogP contribution in [0, 0.1) is 10.1 Å². The van der Waals surface area contributed by atoms with E-state index in [9.17, 15) is 14.9 Å². The zero-order valence-electron chi connectivity index (χ0n) is 7.04. The molecule has 0 fully saturated rings. The molecule has 0 bridgehead atoms. The van der Waals surface area contributed by atoms with E-state index >= 15 is 0 Å². The first-order valence-corrected chi connectivity index (χ1v) is 4.29. The van der Waals surface area contributed by atoms with E-state index in [2.05, 4.69) is 10.2 Å². The first kappa shape index (κ1) is 10.4. The molecule has 0 saturated carbocycles. The maximum absolute atomic E-state index is 10.4. The first-order chi connectivity index (χ1) is 6.63. The molecule has 0 spiro atoms. The Bertz CT molecular complexity index is 355. The average Bonchev–Trinajstić information content (AvgIpc) is 2.18. The zero-order valence-corrected chi connectivity index (χ0v) is 8.04. The summed E-state index contributed by atoms with van der Waals surface area (Å²) >= 11 is 0. The molecule has 1 rings (SSSR count). The Hall–Kier alpha value is -1.69. The molecular weight excluding hydrogens is 202 g/mol. The minimum Gasteiger partial charge on any atom is -0.487 e. The van der Waals surface area contributed by atoms with E-state index in [1.54, 1.807) is 0 Å². The highest BCUT2D eigenvalue weighted by Gasteiger charge is 2.08. The number of nitro groups is 1. The van der Waals surface area contributed by atoms with Gasteiger partial charge in [-0.3, -0.25) is 14.9 Å². The van der Waals surface area contributed by atoms with Crippen LogP contribution in [0.5, 0.6) is 5.75 Å². The smallest absolute Gasteiger partial charge is 0.273 e. The third-order valence-corrected chi connectivity index (χ3v) is 1.67. The summed E-state index contributed by atoms with van der Waals surface area (Å²) in [6.45, 7) is 0. The molecule has 0 aliphatic heterocycles. The number of aldehydes is 1. The standard InChI is InChI=1S/C8H6NO4Si/c10-5-8(14)13-7-3-1-2-6(4-7)9(11)12/h1-5,8H. The average molecular weight is 208 g/mol. The molecule has 6 heteroatoms. The quantitative estimate of drug-likeness (QED) is 0.315. The molecule has 0 heterocycles. The predicted molar refractivity (Wildman–Crippen MR) is 49.3 cm³/mol. The second kappa shape index (κ2) is 4.52. The Balaban J connectivity index is 2.83. The fourth-order valence-corrected chi connectivity index (χ4v) is 0.981. The summed E-state index contributed by atoms with van der Waals surface area (Å²) < 4.78 is 5.00. The molecule has 3 radical (unpaired) electrons. The van der Waals surface area contributed by atoms with Gasteiger partial charge in [-0.05, 0) is 6.07 Å². The van der Waals surface area contributed by atoms with E-state index in [0.717, 1.165) is 0 Å². The minimum absolute atomic E-state index is 0.0766. The van der Waals surface area contributed by atoms with Crippen LogP contribution in [0.4, 0.5) is 5.69 Å². The number of nitro benzene ring substituents is 1. The van der Waals surface area contributed by atoms with E-state index in [1.165, 1.54) is 24.3 Å². The van der Waals surface area contributed by atoms with Crippen LogP contribution >= 0.6 is 0 Å². The lowest BCUT2D eigenvalue weighted by Crippen LogP contribution is -2.17. The number of carbonyl (C=O) groups is 1. The topological polar surface area (TPSA) is 69.4 Å². The Kier molecular flexibility index (Phi) is 3.35. The first-order valence-electron chi connectivity index (χ1n) is 3.71. The van der Waals surface area contributed by atoms with Crippen molar-refractivity contribution in [1.82, 2.24) is 0 Å². The summed E-state index contributed by atoms with van der Waals surface area (Å²) in [4.78, 5) is 20.1. The summed E-state index contributed by atoms with van der Waals surface area (Å²) in [6, 6.07) is 5.61. The monoisotopic (exact) mass is 208 g/mol. The van der Waals surface area contributed by atoms with Crippen molar-refractivity contribution < 1.29 is 14.5 Å². The predicted octanol–water partition coefficient (Wildman–Crippen LogP) is 0.667. The highest BCUT2D eigenvalue weighted by atomic mass is 28.1. The molecule has 71 valence electrons. The van der Waals surface area contributed by atoms with E-state index in [0.29, 0.717) is 6.29 Å². The van der Waals surface area contributed by atoms with Gasteiger partial charge in [0.15, 0.2) is 6.29 Å². The van der Waals surface area contributed by atoms with Gasteiger partial charge in [-0.25, -0.2) is 0 Å². The molecule has 1 aromatic carbocycles. The number of hydrogen-bond acceptors (Lipinski definition) is 4. The fraction of sp³-hybridized carbons (Fsp3) is 0.125. The number of non-ortho nitro benzene ring substituents is 1. The van der Waals surface area contributed by atoms with E-state index in [-0.39, 0.29) is 11.4 Å². The van der Waals surface area contributed by atoms with Gasteiger partial charge < -0.3 is 4.74 Å². The number of nitrogens with zero attached hydrogens (tertiary/aromatic N) is 1. The molecule has 0 aromatic heterocycles.